The minimum absolute atomic E-state index is 0.199. The molecule has 0 aliphatic heterocycles. The van der Waals surface area contributed by atoms with Crippen LogP contribution in [0.25, 0.3) is 10.9 Å². The van der Waals surface area contributed by atoms with Crippen molar-refractivity contribution in [2.24, 2.45) is 11.3 Å². The van der Waals surface area contributed by atoms with Crippen molar-refractivity contribution < 1.29 is 9.59 Å². The van der Waals surface area contributed by atoms with Gasteiger partial charge in [0.15, 0.2) is 11.6 Å². The second-order valence-electron chi connectivity index (χ2n) is 7.80. The number of benzene rings is 3. The number of hydrogen-bond donors (Lipinski definition) is 1. The molecular weight excluding hydrogens is 408 g/mol. The molecule has 4 nitrogen and oxygen atoms in total. The number of fused-ring (bicyclic) bond motifs is 1. The van der Waals surface area contributed by atoms with Crippen LogP contribution in [-0.4, -0.2) is 16.6 Å². The summed E-state index contributed by atoms with van der Waals surface area (Å²) in [5.74, 6) is -1.83. The van der Waals surface area contributed by atoms with Crippen molar-refractivity contribution in [2.75, 3.05) is 0 Å². The number of ketones is 2. The average Bonchev–Trinajstić information content (AvgIpc) is 3.31. The molecule has 5 rings (SSSR count). The Labute approximate surface area is 184 Å². The maximum absolute atomic E-state index is 13.8. The predicted molar refractivity (Wildman–Crippen MR) is 119 cm³/mol. The highest BCUT2D eigenvalue weighted by Crippen LogP contribution is 2.67. The Kier molecular flexibility index (Phi) is 4.50. The van der Waals surface area contributed by atoms with Crippen LogP contribution in [0.15, 0.2) is 85.1 Å². The molecule has 0 unspecified atom stereocenters. The van der Waals surface area contributed by atoms with E-state index < -0.39 is 17.3 Å². The van der Waals surface area contributed by atoms with Crippen LogP contribution in [-0.2, 0) is 0 Å². The Morgan fingerprint density at radius 3 is 2.32 bits per heavy atom. The number of H-pyrrole nitrogens is 1. The molecule has 0 radical (unpaired) electrons. The topological polar surface area (TPSA) is 73.7 Å². The largest absolute Gasteiger partial charge is 0.360 e. The molecule has 5 heteroatoms. The van der Waals surface area contributed by atoms with Gasteiger partial charge < -0.3 is 4.98 Å². The number of Topliss-reactive ketones (excluding diaryl/α,β-unsaturated/α-hetero) is 2. The molecule has 3 aromatic carbocycles. The molecule has 1 saturated carbocycles. The molecule has 31 heavy (non-hydrogen) atoms. The number of carbonyl (C=O) groups excluding carboxylic acids is 2. The number of aromatic amines is 1. The highest BCUT2D eigenvalue weighted by molar-refractivity contribution is 6.30. The van der Waals surface area contributed by atoms with E-state index in [0.29, 0.717) is 16.1 Å². The third kappa shape index (κ3) is 2.90. The Balaban J connectivity index is 1.64. The average molecular weight is 425 g/mol. The highest BCUT2D eigenvalue weighted by Gasteiger charge is 2.73. The monoisotopic (exact) mass is 424 g/mol. The van der Waals surface area contributed by atoms with E-state index >= 15 is 0 Å². The molecule has 1 aliphatic rings. The molecule has 3 atom stereocenters. The maximum atomic E-state index is 13.8. The van der Waals surface area contributed by atoms with Gasteiger partial charge in [-0.1, -0.05) is 72.3 Å². The van der Waals surface area contributed by atoms with Crippen molar-refractivity contribution >= 4 is 34.1 Å². The van der Waals surface area contributed by atoms with Gasteiger partial charge in [0.1, 0.15) is 5.41 Å². The fourth-order valence-electron chi connectivity index (χ4n) is 4.61. The van der Waals surface area contributed by atoms with Gasteiger partial charge in [-0.2, -0.15) is 5.26 Å². The molecule has 150 valence electrons. The second-order valence-corrected chi connectivity index (χ2v) is 8.23. The molecule has 1 N–H and O–H groups in total. The van der Waals surface area contributed by atoms with E-state index in [2.05, 4.69) is 11.1 Å². The number of aromatic nitrogens is 1. The Bertz CT molecular complexity index is 1350. The lowest BCUT2D eigenvalue weighted by molar-refractivity contribution is 0.0875. The van der Waals surface area contributed by atoms with Crippen LogP contribution in [0.5, 0.6) is 0 Å². The molecule has 1 aliphatic carbocycles. The van der Waals surface area contributed by atoms with E-state index in [1.165, 1.54) is 0 Å². The van der Waals surface area contributed by atoms with Gasteiger partial charge in [-0.15, -0.1) is 0 Å². The summed E-state index contributed by atoms with van der Waals surface area (Å²) >= 11 is 6.04. The number of carbonyl (C=O) groups is 2. The van der Waals surface area contributed by atoms with Crippen LogP contribution >= 0.6 is 11.6 Å². The third-order valence-electron chi connectivity index (χ3n) is 6.17. The minimum atomic E-state index is -1.47. The van der Waals surface area contributed by atoms with Gasteiger partial charge in [0, 0.05) is 39.2 Å². The van der Waals surface area contributed by atoms with Crippen LogP contribution < -0.4 is 0 Å². The van der Waals surface area contributed by atoms with Gasteiger partial charge in [0.05, 0.1) is 12.0 Å². The molecule has 0 bridgehead atoms. The zero-order valence-corrected chi connectivity index (χ0v) is 17.1. The van der Waals surface area contributed by atoms with Gasteiger partial charge in [-0.05, 0) is 23.8 Å². The molecule has 1 heterocycles. The van der Waals surface area contributed by atoms with Crippen LogP contribution in [0.2, 0.25) is 5.02 Å². The Morgan fingerprint density at radius 2 is 1.61 bits per heavy atom. The fraction of sp³-hybridized carbons (Fsp3) is 0.115. The highest BCUT2D eigenvalue weighted by atomic mass is 35.5. The number of nitriles is 1. The van der Waals surface area contributed by atoms with Crippen LogP contribution in [0, 0.1) is 22.7 Å². The molecule has 1 aromatic heterocycles. The summed E-state index contributed by atoms with van der Waals surface area (Å²) in [5.41, 5.74) is 1.03. The Morgan fingerprint density at radius 1 is 0.935 bits per heavy atom. The van der Waals surface area contributed by atoms with Crippen molar-refractivity contribution in [3.8, 4) is 6.07 Å². The quantitative estimate of drug-likeness (QED) is 0.411. The number of para-hydroxylation sites is 1. The summed E-state index contributed by atoms with van der Waals surface area (Å²) < 4.78 is 0. The first-order valence-electron chi connectivity index (χ1n) is 9.95. The van der Waals surface area contributed by atoms with E-state index in [1.54, 1.807) is 54.7 Å². The number of nitrogens with one attached hydrogen (secondary N) is 1. The molecular formula is C26H17ClN2O2. The normalized spacial score (nSPS) is 22.1. The van der Waals surface area contributed by atoms with Gasteiger partial charge in [-0.3, -0.25) is 9.59 Å². The molecule has 0 amide bonds. The predicted octanol–water partition coefficient (Wildman–Crippen LogP) is 5.81. The van der Waals surface area contributed by atoms with E-state index in [9.17, 15) is 14.9 Å². The molecule has 0 spiro atoms. The van der Waals surface area contributed by atoms with Crippen LogP contribution in [0.4, 0.5) is 0 Å². The number of halogens is 1. The summed E-state index contributed by atoms with van der Waals surface area (Å²) in [5, 5.41) is 11.6. The van der Waals surface area contributed by atoms with Gasteiger partial charge in [0.2, 0.25) is 0 Å². The van der Waals surface area contributed by atoms with E-state index in [4.69, 9.17) is 11.6 Å². The van der Waals surface area contributed by atoms with Crippen LogP contribution in [0.1, 0.15) is 32.2 Å². The number of rotatable bonds is 5. The number of nitrogens with zero attached hydrogens (tertiary/aromatic N) is 1. The zero-order chi connectivity index (χ0) is 21.6. The van der Waals surface area contributed by atoms with Gasteiger partial charge in [-0.25, -0.2) is 0 Å². The van der Waals surface area contributed by atoms with Crippen molar-refractivity contribution in [1.82, 2.24) is 4.98 Å². The lowest BCUT2D eigenvalue weighted by Crippen LogP contribution is -2.20. The van der Waals surface area contributed by atoms with Gasteiger partial charge >= 0.3 is 0 Å². The van der Waals surface area contributed by atoms with Crippen molar-refractivity contribution in [3.05, 3.63) is 107 Å². The van der Waals surface area contributed by atoms with Crippen molar-refractivity contribution in [1.29, 1.82) is 5.26 Å². The van der Waals surface area contributed by atoms with E-state index in [0.717, 1.165) is 16.5 Å². The lowest BCUT2D eigenvalue weighted by Gasteiger charge is -2.08. The first-order valence-corrected chi connectivity index (χ1v) is 10.3. The smallest absolute Gasteiger partial charge is 0.186 e. The fourth-order valence-corrected chi connectivity index (χ4v) is 4.73. The standard InChI is InChI=1S/C26H17ClN2O2/c27-18-12-10-16(11-13-18)22-23(24(30)17-6-2-1-3-7-17)26(22,15-28)25(31)20-14-29-21-9-5-4-8-19(20)21/h1-14,22-23,29H/t22-,23+,26-/m1/s1. The SMILES string of the molecule is N#C[C@]1(C(=O)c2c[nH]c3ccccc23)[C@H](C(=O)c2ccccc2)[C@H]1c1ccc(Cl)cc1. The lowest BCUT2D eigenvalue weighted by atomic mass is 9.89. The molecule has 4 aromatic rings. The first kappa shape index (κ1) is 19.3. The van der Waals surface area contributed by atoms with E-state index in [1.807, 2.05) is 30.3 Å². The molecule has 1 fully saturated rings. The minimum Gasteiger partial charge on any atom is -0.360 e. The third-order valence-corrected chi connectivity index (χ3v) is 6.42. The summed E-state index contributed by atoms with van der Waals surface area (Å²) in [6.07, 6.45) is 1.63. The molecule has 0 saturated heterocycles. The van der Waals surface area contributed by atoms with Crippen molar-refractivity contribution in [2.45, 2.75) is 5.92 Å². The van der Waals surface area contributed by atoms with E-state index in [-0.39, 0.29) is 11.6 Å². The Hall–Kier alpha value is -3.68. The summed E-state index contributed by atoms with van der Waals surface area (Å²) in [6.45, 7) is 0. The zero-order valence-electron chi connectivity index (χ0n) is 16.4. The summed E-state index contributed by atoms with van der Waals surface area (Å²) in [6, 6.07) is 25.6. The first-order chi connectivity index (χ1) is 15.1. The summed E-state index contributed by atoms with van der Waals surface area (Å²) in [7, 11) is 0. The van der Waals surface area contributed by atoms with Gasteiger partial charge in [0.25, 0.3) is 0 Å². The second kappa shape index (κ2) is 7.23. The van der Waals surface area contributed by atoms with Crippen molar-refractivity contribution in [3.63, 3.8) is 0 Å². The maximum Gasteiger partial charge on any atom is 0.186 e. The number of hydrogen-bond acceptors (Lipinski definition) is 3. The van der Waals surface area contributed by atoms with Crippen LogP contribution in [0.3, 0.4) is 0 Å². The summed E-state index contributed by atoms with van der Waals surface area (Å²) in [4.78, 5) is 30.3.